The van der Waals surface area contributed by atoms with Crippen molar-refractivity contribution in [3.05, 3.63) is 42.5 Å². The molecule has 19 heavy (non-hydrogen) atoms. The maximum Gasteiger partial charge on any atom is 0.241 e. The van der Waals surface area contributed by atoms with Crippen molar-refractivity contribution in [2.75, 3.05) is 0 Å². The largest absolute Gasteiger partial charge is 0.386 e. The summed E-state index contributed by atoms with van der Waals surface area (Å²) in [4.78, 5) is 0.193. The minimum atomic E-state index is -3.70. The molecule has 0 radical (unpaired) electrons. The van der Waals surface area contributed by atoms with Gasteiger partial charge in [0.25, 0.3) is 0 Å². The second kappa shape index (κ2) is 4.99. The number of hydrogen-bond donors (Lipinski definition) is 3. The minimum Gasteiger partial charge on any atom is -0.386 e. The van der Waals surface area contributed by atoms with Crippen LogP contribution in [0.4, 0.5) is 0 Å². The summed E-state index contributed by atoms with van der Waals surface area (Å²) in [5.74, 6) is -0.219. The summed E-state index contributed by atoms with van der Waals surface area (Å²) >= 11 is 0. The van der Waals surface area contributed by atoms with Crippen LogP contribution in [0.25, 0.3) is 10.8 Å². The summed E-state index contributed by atoms with van der Waals surface area (Å²) < 4.78 is 27.0. The molecule has 2 aromatic rings. The van der Waals surface area contributed by atoms with Crippen molar-refractivity contribution in [1.82, 2.24) is 4.72 Å². The molecule has 0 bridgehead atoms. The van der Waals surface area contributed by atoms with Gasteiger partial charge in [0.15, 0.2) is 0 Å². The minimum absolute atomic E-state index is 0.193. The molecule has 0 fully saturated rings. The molecule has 100 valence electrons. The van der Waals surface area contributed by atoms with E-state index in [1.807, 2.05) is 18.2 Å². The van der Waals surface area contributed by atoms with E-state index in [9.17, 15) is 8.42 Å². The molecule has 0 saturated heterocycles. The molecule has 0 aliphatic carbocycles. The third-order valence-corrected chi connectivity index (χ3v) is 4.44. The van der Waals surface area contributed by atoms with Crippen LogP contribution >= 0.6 is 0 Å². The summed E-state index contributed by atoms with van der Waals surface area (Å²) in [6.07, 6.45) is 0. The fourth-order valence-electron chi connectivity index (χ4n) is 1.79. The van der Waals surface area contributed by atoms with Gasteiger partial charge in [0.1, 0.15) is 5.84 Å². The van der Waals surface area contributed by atoms with Crippen molar-refractivity contribution in [1.29, 1.82) is 5.41 Å². The number of hydrogen-bond acceptors (Lipinski definition) is 3. The molecule has 0 aliphatic rings. The first kappa shape index (κ1) is 13.5. The standard InChI is InChI=1S/C13H15N3O2S/c1-9(13(14)15)16-19(17,18)12-8-4-6-10-5-2-3-7-11(10)12/h2-9,16H,1H3,(H3,14,15). The smallest absolute Gasteiger partial charge is 0.241 e. The zero-order chi connectivity index (χ0) is 14.0. The van der Waals surface area contributed by atoms with Gasteiger partial charge >= 0.3 is 0 Å². The Bertz CT molecular complexity index is 720. The SMILES string of the molecule is CC(NS(=O)(=O)c1cccc2ccccc12)C(=N)N. The van der Waals surface area contributed by atoms with Crippen LogP contribution < -0.4 is 10.5 Å². The monoisotopic (exact) mass is 277 g/mol. The molecule has 1 unspecified atom stereocenters. The fraction of sp³-hybridized carbons (Fsp3) is 0.154. The Morgan fingerprint density at radius 3 is 2.53 bits per heavy atom. The van der Waals surface area contributed by atoms with Crippen molar-refractivity contribution in [2.24, 2.45) is 5.73 Å². The van der Waals surface area contributed by atoms with Gasteiger partial charge in [-0.3, -0.25) is 5.41 Å². The summed E-state index contributed by atoms with van der Waals surface area (Å²) in [6.45, 7) is 1.53. The lowest BCUT2D eigenvalue weighted by Gasteiger charge is -2.14. The van der Waals surface area contributed by atoms with Crippen molar-refractivity contribution in [3.63, 3.8) is 0 Å². The molecule has 0 heterocycles. The van der Waals surface area contributed by atoms with Crippen LogP contribution in [0.3, 0.4) is 0 Å². The predicted molar refractivity (Wildman–Crippen MR) is 75.6 cm³/mol. The van der Waals surface area contributed by atoms with E-state index < -0.39 is 16.1 Å². The maximum atomic E-state index is 12.3. The van der Waals surface area contributed by atoms with E-state index in [0.717, 1.165) is 5.39 Å². The van der Waals surface area contributed by atoms with Crippen LogP contribution in [-0.2, 0) is 10.0 Å². The molecule has 5 nitrogen and oxygen atoms in total. The molecule has 4 N–H and O–H groups in total. The van der Waals surface area contributed by atoms with Crippen LogP contribution in [0.1, 0.15) is 6.92 Å². The normalized spacial score (nSPS) is 13.3. The fourth-order valence-corrected chi connectivity index (χ4v) is 3.24. The van der Waals surface area contributed by atoms with E-state index in [0.29, 0.717) is 5.39 Å². The molecule has 0 spiro atoms. The lowest BCUT2D eigenvalue weighted by molar-refractivity contribution is 0.579. The number of benzene rings is 2. The Morgan fingerprint density at radius 1 is 1.21 bits per heavy atom. The number of amidine groups is 1. The van der Waals surface area contributed by atoms with Crippen LogP contribution in [0.2, 0.25) is 0 Å². The molecule has 2 aromatic carbocycles. The Morgan fingerprint density at radius 2 is 1.84 bits per heavy atom. The molecule has 0 amide bonds. The van der Waals surface area contributed by atoms with Crippen molar-refractivity contribution in [3.8, 4) is 0 Å². The first-order chi connectivity index (χ1) is 8.92. The molecule has 1 atom stereocenters. The van der Waals surface area contributed by atoms with E-state index >= 15 is 0 Å². The quantitative estimate of drug-likeness (QED) is 0.583. The van der Waals surface area contributed by atoms with Gasteiger partial charge in [-0.05, 0) is 18.4 Å². The molecule has 6 heteroatoms. The van der Waals surface area contributed by atoms with Gasteiger partial charge in [-0.2, -0.15) is 0 Å². The third kappa shape index (κ3) is 2.74. The highest BCUT2D eigenvalue weighted by molar-refractivity contribution is 7.89. The maximum absolute atomic E-state index is 12.3. The third-order valence-electron chi connectivity index (χ3n) is 2.84. The highest BCUT2D eigenvalue weighted by Crippen LogP contribution is 2.22. The van der Waals surface area contributed by atoms with Crippen LogP contribution in [0.5, 0.6) is 0 Å². The van der Waals surface area contributed by atoms with Crippen molar-refractivity contribution >= 4 is 26.6 Å². The second-order valence-corrected chi connectivity index (χ2v) is 5.96. The average Bonchev–Trinajstić information content (AvgIpc) is 2.37. The average molecular weight is 277 g/mol. The Kier molecular flexibility index (Phi) is 3.55. The highest BCUT2D eigenvalue weighted by Gasteiger charge is 2.20. The van der Waals surface area contributed by atoms with Crippen LogP contribution in [-0.4, -0.2) is 20.3 Å². The van der Waals surface area contributed by atoms with Gasteiger partial charge < -0.3 is 5.73 Å². The summed E-state index contributed by atoms with van der Waals surface area (Å²) in [7, 11) is -3.70. The van der Waals surface area contributed by atoms with E-state index in [2.05, 4.69) is 4.72 Å². The zero-order valence-corrected chi connectivity index (χ0v) is 11.2. The summed E-state index contributed by atoms with van der Waals surface area (Å²) in [5, 5.41) is 8.75. The molecular formula is C13H15N3O2S. The lowest BCUT2D eigenvalue weighted by Crippen LogP contribution is -2.41. The lowest BCUT2D eigenvalue weighted by atomic mass is 10.1. The van der Waals surface area contributed by atoms with Gasteiger partial charge in [-0.1, -0.05) is 36.4 Å². The first-order valence-electron chi connectivity index (χ1n) is 5.76. The van der Waals surface area contributed by atoms with Crippen LogP contribution in [0, 0.1) is 5.41 Å². The molecule has 0 aliphatic heterocycles. The highest BCUT2D eigenvalue weighted by atomic mass is 32.2. The molecular weight excluding hydrogens is 262 g/mol. The van der Waals surface area contributed by atoms with E-state index in [1.54, 1.807) is 18.2 Å². The van der Waals surface area contributed by atoms with Crippen LogP contribution in [0.15, 0.2) is 47.4 Å². The Labute approximate surface area is 112 Å². The number of sulfonamides is 1. The van der Waals surface area contributed by atoms with Crippen molar-refractivity contribution < 1.29 is 8.42 Å². The van der Waals surface area contributed by atoms with E-state index in [1.165, 1.54) is 13.0 Å². The summed E-state index contributed by atoms with van der Waals surface area (Å²) in [6, 6.07) is 11.6. The molecule has 2 rings (SSSR count). The summed E-state index contributed by atoms with van der Waals surface area (Å²) in [5.41, 5.74) is 5.29. The van der Waals surface area contributed by atoms with Gasteiger partial charge in [0.05, 0.1) is 10.9 Å². The Hall–Kier alpha value is -1.92. The number of fused-ring (bicyclic) bond motifs is 1. The number of nitrogens with two attached hydrogens (primary N) is 1. The second-order valence-electron chi connectivity index (χ2n) is 4.28. The molecule has 0 saturated carbocycles. The number of rotatable bonds is 4. The van der Waals surface area contributed by atoms with Crippen molar-refractivity contribution in [2.45, 2.75) is 17.9 Å². The first-order valence-corrected chi connectivity index (χ1v) is 7.24. The Balaban J connectivity index is 2.52. The van der Waals surface area contributed by atoms with Gasteiger partial charge in [0, 0.05) is 5.39 Å². The predicted octanol–water partition coefficient (Wildman–Crippen LogP) is 1.44. The topological polar surface area (TPSA) is 96.0 Å². The van der Waals surface area contributed by atoms with E-state index in [4.69, 9.17) is 11.1 Å². The zero-order valence-electron chi connectivity index (χ0n) is 10.4. The van der Waals surface area contributed by atoms with Gasteiger partial charge in [0.2, 0.25) is 10.0 Å². The van der Waals surface area contributed by atoms with Gasteiger partial charge in [-0.25, -0.2) is 13.1 Å². The molecule has 0 aromatic heterocycles. The van der Waals surface area contributed by atoms with E-state index in [-0.39, 0.29) is 10.7 Å². The van der Waals surface area contributed by atoms with Gasteiger partial charge in [-0.15, -0.1) is 0 Å². The number of nitrogens with one attached hydrogen (secondary N) is 2.